The van der Waals surface area contributed by atoms with Gasteiger partial charge in [0.2, 0.25) is 0 Å². The smallest absolute Gasteiger partial charge is 0.307 e. The minimum Gasteiger partial charge on any atom is -0.481 e. The number of nitrogens with zero attached hydrogens (tertiary/aromatic N) is 1. The molecule has 1 heterocycles. The number of aliphatic hydroxyl groups is 2. The van der Waals surface area contributed by atoms with E-state index in [-0.39, 0.29) is 19.8 Å². The molecule has 0 radical (unpaired) electrons. The van der Waals surface area contributed by atoms with E-state index in [0.29, 0.717) is 6.42 Å². The largest absolute Gasteiger partial charge is 0.481 e. The van der Waals surface area contributed by atoms with Gasteiger partial charge in [0.15, 0.2) is 0 Å². The molecule has 3 N–H and O–H groups in total. The van der Waals surface area contributed by atoms with Gasteiger partial charge in [-0.05, 0) is 73.5 Å². The minimum atomic E-state index is -1.00. The van der Waals surface area contributed by atoms with Gasteiger partial charge in [-0.3, -0.25) is 4.79 Å². The molecular formula is C31H39NO4. The summed E-state index contributed by atoms with van der Waals surface area (Å²) in [6.45, 7) is 2.76. The highest BCUT2D eigenvalue weighted by atomic mass is 16.4. The lowest BCUT2D eigenvalue weighted by Crippen LogP contribution is -2.44. The van der Waals surface area contributed by atoms with Crippen molar-refractivity contribution in [2.45, 2.75) is 51.2 Å². The van der Waals surface area contributed by atoms with Crippen LogP contribution >= 0.6 is 0 Å². The van der Waals surface area contributed by atoms with Gasteiger partial charge in [-0.15, -0.1) is 0 Å². The molecule has 0 aromatic heterocycles. The zero-order chi connectivity index (χ0) is 24.7. The van der Waals surface area contributed by atoms with E-state index in [9.17, 15) is 15.0 Å². The Morgan fingerprint density at radius 1 is 0.889 bits per heavy atom. The van der Waals surface area contributed by atoms with Crippen molar-refractivity contribution in [1.29, 1.82) is 0 Å². The molecule has 5 nitrogen and oxygen atoms in total. The topological polar surface area (TPSA) is 81.0 Å². The fourth-order valence-corrected chi connectivity index (χ4v) is 5.30. The van der Waals surface area contributed by atoms with Crippen LogP contribution in [-0.2, 0) is 16.8 Å². The molecule has 0 saturated carbocycles. The monoisotopic (exact) mass is 489 g/mol. The molecule has 192 valence electrons. The van der Waals surface area contributed by atoms with Crippen molar-refractivity contribution in [1.82, 2.24) is 4.90 Å². The number of piperidine rings is 1. The number of carboxylic acid groups (broad SMARTS) is 1. The van der Waals surface area contributed by atoms with Crippen LogP contribution in [0.1, 0.15) is 61.5 Å². The van der Waals surface area contributed by atoms with Crippen molar-refractivity contribution < 1.29 is 20.1 Å². The lowest BCUT2D eigenvalue weighted by molar-refractivity contribution is -0.136. The normalized spacial score (nSPS) is 15.7. The first-order valence-corrected chi connectivity index (χ1v) is 12.5. The average Bonchev–Trinajstić information content (AvgIpc) is 2.89. The van der Waals surface area contributed by atoms with E-state index in [4.69, 9.17) is 5.11 Å². The van der Waals surface area contributed by atoms with Crippen LogP contribution in [0, 0.1) is 5.92 Å². The minimum absolute atomic E-state index is 0. The van der Waals surface area contributed by atoms with E-state index in [2.05, 4.69) is 4.90 Å². The molecule has 4 rings (SSSR count). The van der Waals surface area contributed by atoms with Gasteiger partial charge < -0.3 is 20.2 Å². The summed E-state index contributed by atoms with van der Waals surface area (Å²) in [4.78, 5) is 13.3. The number of aliphatic carboxylic acids is 1. The molecule has 0 aliphatic carbocycles. The van der Waals surface area contributed by atoms with Gasteiger partial charge in [0.1, 0.15) is 5.60 Å². The highest BCUT2D eigenvalue weighted by Gasteiger charge is 2.41. The average molecular weight is 490 g/mol. The first kappa shape index (κ1) is 27.6. The third kappa shape index (κ3) is 6.61. The van der Waals surface area contributed by atoms with Crippen LogP contribution in [0.3, 0.4) is 0 Å². The maximum Gasteiger partial charge on any atom is 0.307 e. The quantitative estimate of drug-likeness (QED) is 0.355. The van der Waals surface area contributed by atoms with Crippen LogP contribution in [0.25, 0.3) is 0 Å². The standard InChI is InChI=1S/C30H35NO4.CH4/c32-28(24-15-13-23(14-16-24)22-29(33)34)12-7-19-31-20-17-27(18-21-31)30(35,25-8-3-1-4-9-25)26-10-5-2-6-11-26;/h1-6,8-11,13-16,27-28,32,35H,7,12,17-22H2,(H,33,34);1H4. The number of carbonyl (C=O) groups is 1. The molecule has 0 spiro atoms. The molecule has 36 heavy (non-hydrogen) atoms. The second-order valence-electron chi connectivity index (χ2n) is 9.58. The Hall–Kier alpha value is -2.99. The molecule has 1 fully saturated rings. The molecule has 5 heteroatoms. The lowest BCUT2D eigenvalue weighted by Gasteiger charge is -2.42. The summed E-state index contributed by atoms with van der Waals surface area (Å²) in [5, 5.41) is 31.5. The van der Waals surface area contributed by atoms with Gasteiger partial charge in [-0.1, -0.05) is 92.4 Å². The van der Waals surface area contributed by atoms with E-state index >= 15 is 0 Å². The van der Waals surface area contributed by atoms with E-state index in [1.807, 2.05) is 72.8 Å². The van der Waals surface area contributed by atoms with Crippen molar-refractivity contribution >= 4 is 5.97 Å². The summed E-state index contributed by atoms with van der Waals surface area (Å²) in [5.74, 6) is -0.716. The Morgan fingerprint density at radius 2 is 1.42 bits per heavy atom. The number of rotatable bonds is 10. The predicted octanol–water partition coefficient (Wildman–Crippen LogP) is 5.41. The van der Waals surface area contributed by atoms with E-state index in [0.717, 1.165) is 61.2 Å². The summed E-state index contributed by atoms with van der Waals surface area (Å²) < 4.78 is 0. The summed E-state index contributed by atoms with van der Waals surface area (Å²) in [7, 11) is 0. The van der Waals surface area contributed by atoms with Crippen LogP contribution in [0.4, 0.5) is 0 Å². The van der Waals surface area contributed by atoms with E-state index < -0.39 is 17.7 Å². The zero-order valence-electron chi connectivity index (χ0n) is 20.1. The lowest BCUT2D eigenvalue weighted by atomic mass is 9.72. The molecule has 1 saturated heterocycles. The Kier molecular flexibility index (Phi) is 9.82. The van der Waals surface area contributed by atoms with Gasteiger partial charge in [0, 0.05) is 0 Å². The Bertz CT molecular complexity index is 1020. The summed E-state index contributed by atoms with van der Waals surface area (Å²) in [6, 6.07) is 27.2. The molecule has 0 bridgehead atoms. The molecule has 1 atom stereocenters. The van der Waals surface area contributed by atoms with Gasteiger partial charge >= 0.3 is 5.97 Å². The van der Waals surface area contributed by atoms with E-state index in [1.165, 1.54) is 0 Å². The van der Waals surface area contributed by atoms with Crippen molar-refractivity contribution in [3.63, 3.8) is 0 Å². The van der Waals surface area contributed by atoms with Crippen LogP contribution in [0.15, 0.2) is 84.9 Å². The number of likely N-dealkylation sites (tertiary alicyclic amines) is 1. The summed E-state index contributed by atoms with van der Waals surface area (Å²) in [6.07, 6.45) is 2.81. The highest BCUT2D eigenvalue weighted by Crippen LogP contribution is 2.41. The molecule has 1 aliphatic heterocycles. The van der Waals surface area contributed by atoms with Gasteiger partial charge in [-0.25, -0.2) is 0 Å². The molecule has 3 aromatic rings. The van der Waals surface area contributed by atoms with Crippen LogP contribution < -0.4 is 0 Å². The Morgan fingerprint density at radius 3 is 1.92 bits per heavy atom. The number of benzene rings is 3. The van der Waals surface area contributed by atoms with Crippen molar-refractivity contribution in [2.75, 3.05) is 19.6 Å². The van der Waals surface area contributed by atoms with Crippen LogP contribution in [0.2, 0.25) is 0 Å². The maximum absolute atomic E-state index is 12.0. The number of aliphatic hydroxyl groups excluding tert-OH is 1. The second kappa shape index (κ2) is 12.8. The molecule has 0 amide bonds. The fourth-order valence-electron chi connectivity index (χ4n) is 5.30. The van der Waals surface area contributed by atoms with E-state index in [1.54, 1.807) is 12.1 Å². The van der Waals surface area contributed by atoms with Crippen LogP contribution in [-0.4, -0.2) is 45.8 Å². The first-order chi connectivity index (χ1) is 17.0. The number of carboxylic acids is 1. The Balaban J connectivity index is 0.00000361. The van der Waals surface area contributed by atoms with Crippen molar-refractivity contribution in [3.05, 3.63) is 107 Å². The molecule has 1 unspecified atom stereocenters. The zero-order valence-corrected chi connectivity index (χ0v) is 20.1. The second-order valence-corrected chi connectivity index (χ2v) is 9.58. The van der Waals surface area contributed by atoms with Gasteiger partial charge in [0.25, 0.3) is 0 Å². The maximum atomic E-state index is 12.0. The van der Waals surface area contributed by atoms with Gasteiger partial charge in [-0.2, -0.15) is 0 Å². The van der Waals surface area contributed by atoms with Crippen molar-refractivity contribution in [2.24, 2.45) is 5.92 Å². The number of hydrogen-bond acceptors (Lipinski definition) is 4. The summed E-state index contributed by atoms with van der Waals surface area (Å²) >= 11 is 0. The fraction of sp³-hybridized carbons (Fsp3) is 0.387. The third-order valence-electron chi connectivity index (χ3n) is 7.28. The predicted molar refractivity (Wildman–Crippen MR) is 144 cm³/mol. The highest BCUT2D eigenvalue weighted by molar-refractivity contribution is 5.70. The van der Waals surface area contributed by atoms with Crippen molar-refractivity contribution in [3.8, 4) is 0 Å². The van der Waals surface area contributed by atoms with Gasteiger partial charge in [0.05, 0.1) is 12.5 Å². The first-order valence-electron chi connectivity index (χ1n) is 12.5. The Labute approximate surface area is 215 Å². The third-order valence-corrected chi connectivity index (χ3v) is 7.28. The molecule has 3 aromatic carbocycles. The SMILES string of the molecule is C.O=C(O)Cc1ccc(C(O)CCCN2CCC(C(O)(c3ccccc3)c3ccccc3)CC2)cc1. The van der Waals surface area contributed by atoms with Crippen LogP contribution in [0.5, 0.6) is 0 Å². The summed E-state index contributed by atoms with van der Waals surface area (Å²) in [5.41, 5.74) is 2.46. The number of hydrogen-bond donors (Lipinski definition) is 3. The molecular weight excluding hydrogens is 450 g/mol. The molecule has 1 aliphatic rings.